The molecule has 0 amide bonds. The molecule has 0 saturated heterocycles. The molecule has 0 radical (unpaired) electrons. The predicted octanol–water partition coefficient (Wildman–Crippen LogP) is 7.18. The second-order valence-corrected chi connectivity index (χ2v) is 7.54. The number of pyridine rings is 1. The maximum Gasteiger partial charge on any atom is 0.142 e. The van der Waals surface area contributed by atoms with Crippen molar-refractivity contribution in [1.82, 2.24) is 4.98 Å². The number of hydrogen-bond donors (Lipinski definition) is 0. The fourth-order valence-corrected chi connectivity index (χ4v) is 3.59. The quantitative estimate of drug-likeness (QED) is 0.341. The van der Waals surface area contributed by atoms with Gasteiger partial charge in [-0.2, -0.15) is 0 Å². The first-order chi connectivity index (χ1) is 14.0. The third-order valence-corrected chi connectivity index (χ3v) is 5.54. The molecule has 0 fully saturated rings. The van der Waals surface area contributed by atoms with E-state index in [-0.39, 0.29) is 10.8 Å². The molecule has 0 aliphatic heterocycles. The number of halogens is 3. The Morgan fingerprint density at radius 1 is 0.862 bits per heavy atom. The zero-order valence-corrected chi connectivity index (χ0v) is 16.8. The number of rotatable bonds is 5. The van der Waals surface area contributed by atoms with Crippen molar-refractivity contribution < 1.29 is 8.78 Å². The fourth-order valence-electron chi connectivity index (χ4n) is 3.47. The van der Waals surface area contributed by atoms with Gasteiger partial charge >= 0.3 is 0 Å². The molecule has 0 unspecified atom stereocenters. The summed E-state index contributed by atoms with van der Waals surface area (Å²) in [6.45, 7) is 2.09. The topological polar surface area (TPSA) is 12.9 Å². The van der Waals surface area contributed by atoms with Crippen LogP contribution in [0.2, 0.25) is 5.02 Å². The van der Waals surface area contributed by atoms with Gasteiger partial charge in [0.05, 0.1) is 10.7 Å². The first kappa shape index (κ1) is 19.5. The molecule has 4 rings (SSSR count). The van der Waals surface area contributed by atoms with Gasteiger partial charge in [-0.25, -0.2) is 8.78 Å². The van der Waals surface area contributed by atoms with E-state index in [2.05, 4.69) is 18.0 Å². The van der Waals surface area contributed by atoms with Crippen LogP contribution in [0, 0.1) is 11.6 Å². The summed E-state index contributed by atoms with van der Waals surface area (Å²) < 4.78 is 28.6. The molecule has 146 valence electrons. The Bertz CT molecular complexity index is 1170. The summed E-state index contributed by atoms with van der Waals surface area (Å²) in [5.41, 5.74) is 4.43. The smallest absolute Gasteiger partial charge is 0.142 e. The highest BCUT2D eigenvalue weighted by molar-refractivity contribution is 6.30. The molecule has 1 heterocycles. The van der Waals surface area contributed by atoms with Gasteiger partial charge in [0, 0.05) is 17.1 Å². The van der Waals surface area contributed by atoms with Gasteiger partial charge in [0.25, 0.3) is 0 Å². The molecule has 0 saturated carbocycles. The SMILES string of the molecule is CCc1ccc(-c2ccc3c(F)c(CCc4ccc(Cl)c(F)c4)ccc3c2)nc1. The molecule has 0 aliphatic carbocycles. The Labute approximate surface area is 174 Å². The number of nitrogens with zero attached hydrogens (tertiary/aromatic N) is 1. The van der Waals surface area contributed by atoms with Crippen molar-refractivity contribution in [3.05, 3.63) is 100 Å². The van der Waals surface area contributed by atoms with Crippen molar-refractivity contribution in [3.8, 4) is 11.3 Å². The summed E-state index contributed by atoms with van der Waals surface area (Å²) in [6.07, 6.45) is 3.86. The van der Waals surface area contributed by atoms with Crippen LogP contribution in [0.3, 0.4) is 0 Å². The minimum absolute atomic E-state index is 0.0975. The van der Waals surface area contributed by atoms with E-state index >= 15 is 4.39 Å². The van der Waals surface area contributed by atoms with Crippen molar-refractivity contribution in [2.45, 2.75) is 26.2 Å². The van der Waals surface area contributed by atoms with Gasteiger partial charge in [0.1, 0.15) is 11.6 Å². The Kier molecular flexibility index (Phi) is 5.59. The lowest BCUT2D eigenvalue weighted by molar-refractivity contribution is 0.617. The summed E-state index contributed by atoms with van der Waals surface area (Å²) in [5.74, 6) is -0.672. The second-order valence-electron chi connectivity index (χ2n) is 7.13. The maximum absolute atomic E-state index is 15.0. The number of fused-ring (bicyclic) bond motifs is 1. The van der Waals surface area contributed by atoms with Crippen LogP contribution < -0.4 is 0 Å². The fraction of sp³-hybridized carbons (Fsp3) is 0.160. The van der Waals surface area contributed by atoms with E-state index in [1.54, 1.807) is 18.2 Å². The molecular weight excluding hydrogens is 388 g/mol. The minimum Gasteiger partial charge on any atom is -0.256 e. The summed E-state index contributed by atoms with van der Waals surface area (Å²) in [5, 5.41) is 1.52. The van der Waals surface area contributed by atoms with Crippen LogP contribution in [-0.4, -0.2) is 4.98 Å². The van der Waals surface area contributed by atoms with Crippen LogP contribution in [0.25, 0.3) is 22.0 Å². The Hall–Kier alpha value is -2.78. The van der Waals surface area contributed by atoms with E-state index in [9.17, 15) is 4.39 Å². The van der Waals surface area contributed by atoms with Crippen molar-refractivity contribution in [2.24, 2.45) is 0 Å². The van der Waals surface area contributed by atoms with Crippen LogP contribution in [-0.2, 0) is 19.3 Å². The predicted molar refractivity (Wildman–Crippen MR) is 115 cm³/mol. The Morgan fingerprint density at radius 3 is 2.41 bits per heavy atom. The first-order valence-corrected chi connectivity index (χ1v) is 10.0. The molecular formula is C25H20ClF2N. The standard InChI is InChI=1S/C25H20ClF2N/c1-2-16-5-12-24(29-15-16)20-9-10-21-19(14-20)8-7-18(25(21)28)6-3-17-4-11-22(26)23(27)13-17/h4-5,7-15H,2-3,6H2,1H3. The third-order valence-electron chi connectivity index (χ3n) is 5.23. The van der Waals surface area contributed by atoms with Crippen LogP contribution in [0.1, 0.15) is 23.6 Å². The minimum atomic E-state index is -0.448. The van der Waals surface area contributed by atoms with Crippen LogP contribution >= 0.6 is 11.6 Å². The number of aromatic nitrogens is 1. The molecule has 0 atom stereocenters. The zero-order valence-electron chi connectivity index (χ0n) is 16.1. The van der Waals surface area contributed by atoms with Gasteiger partial charge in [-0.3, -0.25) is 4.98 Å². The lowest BCUT2D eigenvalue weighted by Gasteiger charge is -2.09. The van der Waals surface area contributed by atoms with E-state index < -0.39 is 5.82 Å². The number of hydrogen-bond acceptors (Lipinski definition) is 1. The number of benzene rings is 3. The molecule has 0 aliphatic rings. The van der Waals surface area contributed by atoms with E-state index in [1.165, 1.54) is 17.7 Å². The van der Waals surface area contributed by atoms with Crippen LogP contribution in [0.4, 0.5) is 8.78 Å². The summed E-state index contributed by atoms with van der Waals surface area (Å²) in [4.78, 5) is 4.51. The second kappa shape index (κ2) is 8.30. The average Bonchev–Trinajstić information content (AvgIpc) is 2.75. The molecule has 4 heteroatoms. The molecule has 1 nitrogen and oxygen atoms in total. The van der Waals surface area contributed by atoms with E-state index in [1.807, 2.05) is 30.5 Å². The molecule has 3 aromatic carbocycles. The van der Waals surface area contributed by atoms with Crippen LogP contribution in [0.15, 0.2) is 66.9 Å². The summed E-state index contributed by atoms with van der Waals surface area (Å²) in [6, 6.07) is 18.2. The van der Waals surface area contributed by atoms with E-state index in [4.69, 9.17) is 11.6 Å². The van der Waals surface area contributed by atoms with Gasteiger partial charge < -0.3 is 0 Å². The maximum atomic E-state index is 15.0. The molecule has 4 aromatic rings. The lowest BCUT2D eigenvalue weighted by Crippen LogP contribution is -1.97. The summed E-state index contributed by atoms with van der Waals surface area (Å²) in [7, 11) is 0. The van der Waals surface area contributed by atoms with Gasteiger partial charge in [-0.05, 0) is 65.6 Å². The normalized spacial score (nSPS) is 11.2. The molecule has 1 aromatic heterocycles. The molecule has 29 heavy (non-hydrogen) atoms. The first-order valence-electron chi connectivity index (χ1n) is 9.65. The number of aryl methyl sites for hydroxylation is 3. The molecule has 0 bridgehead atoms. The van der Waals surface area contributed by atoms with Crippen molar-refractivity contribution in [2.75, 3.05) is 0 Å². The lowest BCUT2D eigenvalue weighted by atomic mass is 9.98. The van der Waals surface area contributed by atoms with Gasteiger partial charge in [0.2, 0.25) is 0 Å². The van der Waals surface area contributed by atoms with Gasteiger partial charge in [-0.15, -0.1) is 0 Å². The highest BCUT2D eigenvalue weighted by Gasteiger charge is 2.10. The highest BCUT2D eigenvalue weighted by atomic mass is 35.5. The van der Waals surface area contributed by atoms with Gasteiger partial charge in [0.15, 0.2) is 0 Å². The molecule has 0 N–H and O–H groups in total. The highest BCUT2D eigenvalue weighted by Crippen LogP contribution is 2.27. The van der Waals surface area contributed by atoms with Crippen molar-refractivity contribution >= 4 is 22.4 Å². The summed E-state index contributed by atoms with van der Waals surface area (Å²) >= 11 is 5.72. The van der Waals surface area contributed by atoms with Crippen molar-refractivity contribution in [3.63, 3.8) is 0 Å². The zero-order chi connectivity index (χ0) is 20.4. The van der Waals surface area contributed by atoms with E-state index in [0.717, 1.165) is 28.6 Å². The Morgan fingerprint density at radius 2 is 1.69 bits per heavy atom. The molecule has 0 spiro atoms. The Balaban J connectivity index is 1.59. The van der Waals surface area contributed by atoms with Crippen LogP contribution in [0.5, 0.6) is 0 Å². The average molecular weight is 408 g/mol. The van der Waals surface area contributed by atoms with Crippen molar-refractivity contribution in [1.29, 1.82) is 0 Å². The van der Waals surface area contributed by atoms with Gasteiger partial charge in [-0.1, -0.05) is 54.9 Å². The van der Waals surface area contributed by atoms with E-state index in [0.29, 0.717) is 23.8 Å². The third kappa shape index (κ3) is 4.15. The largest absolute Gasteiger partial charge is 0.256 e. The monoisotopic (exact) mass is 407 g/mol.